The van der Waals surface area contributed by atoms with Crippen LogP contribution in [0.1, 0.15) is 58.3 Å². The predicted octanol–water partition coefficient (Wildman–Crippen LogP) is 2.39. The molecule has 3 N–H and O–H groups in total. The Kier molecular flexibility index (Phi) is 7.85. The van der Waals surface area contributed by atoms with Crippen LogP contribution in [-0.2, 0) is 9.53 Å². The van der Waals surface area contributed by atoms with E-state index in [1.54, 1.807) is 0 Å². The van der Waals surface area contributed by atoms with Crippen LogP contribution in [0.2, 0.25) is 0 Å². The molecule has 0 spiro atoms. The van der Waals surface area contributed by atoms with Crippen LogP contribution in [0.3, 0.4) is 0 Å². The van der Waals surface area contributed by atoms with Crippen LogP contribution in [0.15, 0.2) is 0 Å². The van der Waals surface area contributed by atoms with Crippen LogP contribution in [-0.4, -0.2) is 30.7 Å². The summed E-state index contributed by atoms with van der Waals surface area (Å²) >= 11 is 0. The Balaban J connectivity index is 0.00000200. The van der Waals surface area contributed by atoms with E-state index in [2.05, 4.69) is 5.32 Å². The molecule has 0 aromatic carbocycles. The summed E-state index contributed by atoms with van der Waals surface area (Å²) < 4.78 is 5.96. The van der Waals surface area contributed by atoms with Crippen molar-refractivity contribution in [2.45, 2.75) is 76.5 Å². The summed E-state index contributed by atoms with van der Waals surface area (Å²) in [5, 5.41) is 2.96. The summed E-state index contributed by atoms with van der Waals surface area (Å²) in [6, 6.07) is 0.121. The fourth-order valence-electron chi connectivity index (χ4n) is 2.80. The second kappa shape index (κ2) is 8.85. The highest BCUT2D eigenvalue weighted by Crippen LogP contribution is 2.31. The predicted molar refractivity (Wildman–Crippen MR) is 83.0 cm³/mol. The van der Waals surface area contributed by atoms with E-state index in [1.165, 1.54) is 32.1 Å². The van der Waals surface area contributed by atoms with Crippen LogP contribution in [0.25, 0.3) is 0 Å². The lowest BCUT2D eigenvalue weighted by atomic mass is 9.97. The SMILES string of the molecule is CCC(OC1CCCCC1)C(=O)NCC(N)C1CC1.Cl. The fourth-order valence-corrected chi connectivity index (χ4v) is 2.80. The molecular weight excluding hydrogens is 276 g/mol. The summed E-state index contributed by atoms with van der Waals surface area (Å²) in [4.78, 5) is 12.1. The highest BCUT2D eigenvalue weighted by Gasteiger charge is 2.29. The molecule has 2 atom stereocenters. The smallest absolute Gasteiger partial charge is 0.249 e. The Morgan fingerprint density at radius 2 is 1.90 bits per heavy atom. The van der Waals surface area contributed by atoms with Crippen molar-refractivity contribution in [3.05, 3.63) is 0 Å². The first-order chi connectivity index (χ1) is 9.20. The van der Waals surface area contributed by atoms with Gasteiger partial charge in [-0.25, -0.2) is 0 Å². The molecular formula is C15H29ClN2O2. The summed E-state index contributed by atoms with van der Waals surface area (Å²) in [6.45, 7) is 2.60. The zero-order valence-electron chi connectivity index (χ0n) is 12.5. The van der Waals surface area contributed by atoms with Crippen LogP contribution in [0.4, 0.5) is 0 Å². The quantitative estimate of drug-likeness (QED) is 0.759. The van der Waals surface area contributed by atoms with Gasteiger partial charge in [-0.15, -0.1) is 12.4 Å². The second-order valence-corrected chi connectivity index (χ2v) is 6.04. The van der Waals surface area contributed by atoms with Gasteiger partial charge in [0.25, 0.3) is 0 Å². The highest BCUT2D eigenvalue weighted by atomic mass is 35.5. The maximum atomic E-state index is 12.1. The summed E-state index contributed by atoms with van der Waals surface area (Å²) in [7, 11) is 0. The Morgan fingerprint density at radius 3 is 2.45 bits per heavy atom. The number of rotatable bonds is 7. The van der Waals surface area contributed by atoms with Crippen molar-refractivity contribution in [3.8, 4) is 0 Å². The normalized spacial score (nSPS) is 22.7. The fraction of sp³-hybridized carbons (Fsp3) is 0.933. The number of hydrogen-bond donors (Lipinski definition) is 2. The summed E-state index contributed by atoms with van der Waals surface area (Å²) in [5.41, 5.74) is 6.00. The molecule has 0 heterocycles. The van der Waals surface area contributed by atoms with Crippen molar-refractivity contribution in [1.29, 1.82) is 0 Å². The molecule has 4 nitrogen and oxygen atoms in total. The second-order valence-electron chi connectivity index (χ2n) is 6.04. The van der Waals surface area contributed by atoms with Gasteiger partial charge in [-0.3, -0.25) is 4.79 Å². The minimum Gasteiger partial charge on any atom is -0.365 e. The molecule has 0 radical (unpaired) electrons. The molecule has 1 amide bonds. The number of halogens is 1. The Bertz CT molecular complexity index is 292. The molecule has 118 valence electrons. The van der Waals surface area contributed by atoms with E-state index in [9.17, 15) is 4.79 Å². The molecule has 20 heavy (non-hydrogen) atoms. The lowest BCUT2D eigenvalue weighted by Gasteiger charge is -2.26. The molecule has 2 fully saturated rings. The average Bonchev–Trinajstić information content (AvgIpc) is 3.27. The number of nitrogens with one attached hydrogen (secondary N) is 1. The maximum Gasteiger partial charge on any atom is 0.249 e. The standard InChI is InChI=1S/C15H28N2O2.ClH/c1-2-14(19-12-6-4-3-5-7-12)15(18)17-10-13(16)11-8-9-11;/h11-14H,2-10,16H2,1H3,(H,17,18);1H. The van der Waals surface area contributed by atoms with Crippen molar-refractivity contribution < 1.29 is 9.53 Å². The van der Waals surface area contributed by atoms with Gasteiger partial charge in [0.1, 0.15) is 6.10 Å². The van der Waals surface area contributed by atoms with E-state index in [0.717, 1.165) is 19.3 Å². The van der Waals surface area contributed by atoms with Gasteiger partial charge in [-0.1, -0.05) is 26.2 Å². The number of ether oxygens (including phenoxy) is 1. The number of carbonyl (C=O) groups is 1. The Hall–Kier alpha value is -0.320. The lowest BCUT2D eigenvalue weighted by Crippen LogP contribution is -2.44. The third-order valence-corrected chi connectivity index (χ3v) is 4.31. The van der Waals surface area contributed by atoms with E-state index in [4.69, 9.17) is 10.5 Å². The van der Waals surface area contributed by atoms with Gasteiger partial charge >= 0.3 is 0 Å². The van der Waals surface area contributed by atoms with Crippen LogP contribution < -0.4 is 11.1 Å². The topological polar surface area (TPSA) is 64.3 Å². The van der Waals surface area contributed by atoms with Crippen LogP contribution in [0, 0.1) is 5.92 Å². The third-order valence-electron chi connectivity index (χ3n) is 4.31. The van der Waals surface area contributed by atoms with Gasteiger partial charge in [0.2, 0.25) is 5.91 Å². The molecule has 2 rings (SSSR count). The van der Waals surface area contributed by atoms with E-state index in [1.807, 2.05) is 6.92 Å². The first-order valence-corrected chi connectivity index (χ1v) is 7.89. The molecule has 2 aliphatic carbocycles. The number of amides is 1. The minimum atomic E-state index is -0.297. The van der Waals surface area contributed by atoms with Crippen molar-refractivity contribution in [3.63, 3.8) is 0 Å². The first kappa shape index (κ1) is 17.7. The molecule has 2 aliphatic rings. The van der Waals surface area contributed by atoms with E-state index < -0.39 is 0 Å². The van der Waals surface area contributed by atoms with Crippen molar-refractivity contribution >= 4 is 18.3 Å². The molecule has 2 saturated carbocycles. The van der Waals surface area contributed by atoms with Crippen LogP contribution >= 0.6 is 12.4 Å². The largest absolute Gasteiger partial charge is 0.365 e. The molecule has 2 unspecified atom stereocenters. The number of nitrogens with two attached hydrogens (primary N) is 1. The average molecular weight is 305 g/mol. The van der Waals surface area contributed by atoms with Gasteiger partial charge in [-0.05, 0) is 38.0 Å². The lowest BCUT2D eigenvalue weighted by molar-refractivity contribution is -0.138. The Labute approximate surface area is 128 Å². The molecule has 0 aromatic rings. The van der Waals surface area contributed by atoms with E-state index >= 15 is 0 Å². The Morgan fingerprint density at radius 1 is 1.25 bits per heavy atom. The monoisotopic (exact) mass is 304 g/mol. The molecule has 0 saturated heterocycles. The van der Waals surface area contributed by atoms with E-state index in [-0.39, 0.29) is 36.6 Å². The maximum absolute atomic E-state index is 12.1. The number of carbonyl (C=O) groups excluding carboxylic acids is 1. The minimum absolute atomic E-state index is 0. The summed E-state index contributed by atoms with van der Waals surface area (Å²) in [6.07, 6.45) is 9.12. The first-order valence-electron chi connectivity index (χ1n) is 7.89. The molecule has 0 aromatic heterocycles. The zero-order chi connectivity index (χ0) is 13.7. The van der Waals surface area contributed by atoms with Gasteiger partial charge in [0, 0.05) is 12.6 Å². The van der Waals surface area contributed by atoms with Crippen molar-refractivity contribution in [2.24, 2.45) is 11.7 Å². The highest BCUT2D eigenvalue weighted by molar-refractivity contribution is 5.85. The molecule has 0 bridgehead atoms. The van der Waals surface area contributed by atoms with Gasteiger partial charge in [0.05, 0.1) is 6.10 Å². The zero-order valence-corrected chi connectivity index (χ0v) is 13.3. The number of hydrogen-bond acceptors (Lipinski definition) is 3. The van der Waals surface area contributed by atoms with Gasteiger partial charge < -0.3 is 15.8 Å². The van der Waals surface area contributed by atoms with Crippen LogP contribution in [0.5, 0.6) is 0 Å². The van der Waals surface area contributed by atoms with Gasteiger partial charge in [-0.2, -0.15) is 0 Å². The third kappa shape index (κ3) is 5.58. The van der Waals surface area contributed by atoms with E-state index in [0.29, 0.717) is 12.5 Å². The molecule has 5 heteroatoms. The van der Waals surface area contributed by atoms with Crippen molar-refractivity contribution in [1.82, 2.24) is 5.32 Å². The molecule has 0 aliphatic heterocycles. The summed E-state index contributed by atoms with van der Waals surface area (Å²) in [5.74, 6) is 0.642. The van der Waals surface area contributed by atoms with Crippen molar-refractivity contribution in [2.75, 3.05) is 6.54 Å². The van der Waals surface area contributed by atoms with Gasteiger partial charge in [0.15, 0.2) is 0 Å².